The lowest BCUT2D eigenvalue weighted by molar-refractivity contribution is -0.145. The number of nitrogens with one attached hydrogen (secondary N) is 1. The molecule has 1 aliphatic rings. The van der Waals surface area contributed by atoms with Crippen molar-refractivity contribution in [2.24, 2.45) is 5.92 Å². The van der Waals surface area contributed by atoms with Crippen molar-refractivity contribution in [1.29, 1.82) is 0 Å². The van der Waals surface area contributed by atoms with Crippen molar-refractivity contribution in [3.8, 4) is 0 Å². The van der Waals surface area contributed by atoms with E-state index < -0.39 is 39.2 Å². The van der Waals surface area contributed by atoms with Gasteiger partial charge in [0.1, 0.15) is 6.04 Å². The van der Waals surface area contributed by atoms with Gasteiger partial charge in [-0.1, -0.05) is 36.8 Å². The maximum absolute atomic E-state index is 12.6. The molecule has 24 heavy (non-hydrogen) atoms. The summed E-state index contributed by atoms with van der Waals surface area (Å²) < 4.78 is 32.1. The fourth-order valence-electron chi connectivity index (χ4n) is 3.03. The van der Waals surface area contributed by atoms with Gasteiger partial charge in [0.05, 0.1) is 18.3 Å². The lowest BCUT2D eigenvalue weighted by Crippen LogP contribution is -2.48. The third kappa shape index (κ3) is 4.33. The predicted molar refractivity (Wildman–Crippen MR) is 86.8 cm³/mol. The maximum Gasteiger partial charge on any atom is 0.322 e. The van der Waals surface area contributed by atoms with Crippen LogP contribution >= 0.6 is 0 Å². The van der Waals surface area contributed by atoms with Crippen molar-refractivity contribution >= 4 is 22.0 Å². The minimum Gasteiger partial charge on any atom is -0.480 e. The van der Waals surface area contributed by atoms with E-state index >= 15 is 0 Å². The number of benzene rings is 1. The number of aliphatic carboxylic acids is 1. The van der Waals surface area contributed by atoms with Gasteiger partial charge in [-0.05, 0) is 24.8 Å². The Kier molecular flexibility index (Phi) is 5.95. The molecule has 1 fully saturated rings. The summed E-state index contributed by atoms with van der Waals surface area (Å²) in [5.74, 6) is -2.58. The second kappa shape index (κ2) is 7.76. The Morgan fingerprint density at radius 1 is 1.29 bits per heavy atom. The minimum atomic E-state index is -3.96. The number of sulfonamides is 1. The molecular formula is C16H21NO6S. The van der Waals surface area contributed by atoms with Crippen LogP contribution in [0.1, 0.15) is 24.8 Å². The van der Waals surface area contributed by atoms with Crippen LogP contribution in [0.15, 0.2) is 30.3 Å². The minimum absolute atomic E-state index is 0.0328. The van der Waals surface area contributed by atoms with E-state index in [4.69, 9.17) is 0 Å². The summed E-state index contributed by atoms with van der Waals surface area (Å²) in [5, 5.41) is 8.39. The molecule has 132 valence electrons. The average Bonchev–Trinajstić information content (AvgIpc) is 3.05. The van der Waals surface area contributed by atoms with E-state index in [1.807, 2.05) is 0 Å². The molecule has 1 saturated carbocycles. The molecule has 0 aromatic heterocycles. The SMILES string of the molecule is COC(=O)C1CCCC1S(=O)(=O)N[C@@H](Cc1ccccc1)C(=O)O. The zero-order valence-corrected chi connectivity index (χ0v) is 14.2. The van der Waals surface area contributed by atoms with Gasteiger partial charge in [-0.15, -0.1) is 0 Å². The number of hydrogen-bond acceptors (Lipinski definition) is 5. The Hall–Kier alpha value is -1.93. The zero-order valence-electron chi connectivity index (χ0n) is 13.3. The van der Waals surface area contributed by atoms with Crippen LogP contribution < -0.4 is 4.72 Å². The topological polar surface area (TPSA) is 110 Å². The summed E-state index contributed by atoms with van der Waals surface area (Å²) in [6.07, 6.45) is 1.36. The molecule has 0 bridgehead atoms. The molecule has 2 unspecified atom stereocenters. The molecule has 0 spiro atoms. The Balaban J connectivity index is 2.15. The average molecular weight is 355 g/mol. The van der Waals surface area contributed by atoms with E-state index in [2.05, 4.69) is 9.46 Å². The van der Waals surface area contributed by atoms with Crippen LogP contribution in [0.25, 0.3) is 0 Å². The fraction of sp³-hybridized carbons (Fsp3) is 0.500. The first-order valence-corrected chi connectivity index (χ1v) is 9.25. The third-order valence-corrected chi connectivity index (χ3v) is 6.22. The highest BCUT2D eigenvalue weighted by Gasteiger charge is 2.43. The van der Waals surface area contributed by atoms with E-state index in [1.54, 1.807) is 30.3 Å². The Morgan fingerprint density at radius 3 is 2.54 bits per heavy atom. The molecule has 0 radical (unpaired) electrons. The second-order valence-electron chi connectivity index (χ2n) is 5.84. The van der Waals surface area contributed by atoms with Crippen molar-refractivity contribution in [3.63, 3.8) is 0 Å². The maximum atomic E-state index is 12.6. The summed E-state index contributed by atoms with van der Waals surface area (Å²) in [6.45, 7) is 0. The highest BCUT2D eigenvalue weighted by Crippen LogP contribution is 2.31. The van der Waals surface area contributed by atoms with Crippen molar-refractivity contribution in [3.05, 3.63) is 35.9 Å². The van der Waals surface area contributed by atoms with E-state index in [-0.39, 0.29) is 6.42 Å². The van der Waals surface area contributed by atoms with E-state index in [0.29, 0.717) is 24.8 Å². The molecule has 8 heteroatoms. The van der Waals surface area contributed by atoms with E-state index in [1.165, 1.54) is 7.11 Å². The van der Waals surface area contributed by atoms with Gasteiger partial charge in [0, 0.05) is 0 Å². The van der Waals surface area contributed by atoms with Gasteiger partial charge in [0.15, 0.2) is 0 Å². The molecule has 2 N–H and O–H groups in total. The lowest BCUT2D eigenvalue weighted by Gasteiger charge is -2.21. The van der Waals surface area contributed by atoms with Crippen LogP contribution in [0.2, 0.25) is 0 Å². The lowest BCUT2D eigenvalue weighted by atomic mass is 10.1. The molecule has 0 amide bonds. The summed E-state index contributed by atoms with van der Waals surface area (Å²) in [6, 6.07) is 7.49. The summed E-state index contributed by atoms with van der Waals surface area (Å²) in [5.41, 5.74) is 0.712. The van der Waals surface area contributed by atoms with Crippen LogP contribution in [0.5, 0.6) is 0 Å². The van der Waals surface area contributed by atoms with Crippen LogP contribution in [0.4, 0.5) is 0 Å². The number of carboxylic acid groups (broad SMARTS) is 1. The molecule has 3 atom stereocenters. The predicted octanol–water partition coefficient (Wildman–Crippen LogP) is 0.943. The molecule has 1 aromatic carbocycles. The molecule has 1 aromatic rings. The molecule has 0 heterocycles. The first-order chi connectivity index (χ1) is 11.3. The molecular weight excluding hydrogens is 334 g/mol. The highest BCUT2D eigenvalue weighted by atomic mass is 32.2. The van der Waals surface area contributed by atoms with Gasteiger partial charge in [-0.3, -0.25) is 9.59 Å². The quantitative estimate of drug-likeness (QED) is 0.705. The Labute approximate surface area is 141 Å². The van der Waals surface area contributed by atoms with Crippen molar-refractivity contribution in [2.45, 2.75) is 37.0 Å². The van der Waals surface area contributed by atoms with Crippen LogP contribution in [0.3, 0.4) is 0 Å². The molecule has 2 rings (SSSR count). The van der Waals surface area contributed by atoms with Crippen LogP contribution in [0, 0.1) is 5.92 Å². The zero-order chi connectivity index (χ0) is 17.7. The molecule has 0 aliphatic heterocycles. The number of hydrogen-bond donors (Lipinski definition) is 2. The number of ether oxygens (including phenoxy) is 1. The summed E-state index contributed by atoms with van der Waals surface area (Å²) >= 11 is 0. The summed E-state index contributed by atoms with van der Waals surface area (Å²) in [4.78, 5) is 23.2. The van der Waals surface area contributed by atoms with Crippen LogP contribution in [-0.2, 0) is 30.8 Å². The number of carboxylic acids is 1. The van der Waals surface area contributed by atoms with E-state index in [9.17, 15) is 23.1 Å². The first-order valence-electron chi connectivity index (χ1n) is 7.71. The Bertz CT molecular complexity index is 688. The first kappa shape index (κ1) is 18.4. The number of esters is 1. The molecule has 1 aliphatic carbocycles. The van der Waals surface area contributed by atoms with Crippen molar-refractivity contribution < 1.29 is 27.9 Å². The standard InChI is InChI=1S/C16H21NO6S/c1-23-16(20)12-8-5-9-14(12)24(21,22)17-13(15(18)19)10-11-6-3-2-4-7-11/h2-4,6-7,12-14,17H,5,8-10H2,1H3,(H,18,19)/t12?,13-,14?/m0/s1. The molecule has 0 saturated heterocycles. The number of rotatable bonds is 7. The fourth-order valence-corrected chi connectivity index (χ4v) is 4.95. The summed E-state index contributed by atoms with van der Waals surface area (Å²) in [7, 11) is -2.74. The third-order valence-electron chi connectivity index (χ3n) is 4.24. The highest BCUT2D eigenvalue weighted by molar-refractivity contribution is 7.90. The number of methoxy groups -OCH3 is 1. The normalized spacial score (nSPS) is 22.0. The van der Waals surface area contributed by atoms with Crippen LogP contribution in [-0.4, -0.2) is 43.9 Å². The van der Waals surface area contributed by atoms with Gasteiger partial charge in [0.25, 0.3) is 0 Å². The second-order valence-corrected chi connectivity index (χ2v) is 7.77. The van der Waals surface area contributed by atoms with Gasteiger partial charge >= 0.3 is 11.9 Å². The van der Waals surface area contributed by atoms with Gasteiger partial charge < -0.3 is 9.84 Å². The van der Waals surface area contributed by atoms with E-state index in [0.717, 1.165) is 0 Å². The van der Waals surface area contributed by atoms with Gasteiger partial charge in [-0.2, -0.15) is 0 Å². The number of carbonyl (C=O) groups excluding carboxylic acids is 1. The van der Waals surface area contributed by atoms with Crippen molar-refractivity contribution in [2.75, 3.05) is 7.11 Å². The molecule has 7 nitrogen and oxygen atoms in total. The van der Waals surface area contributed by atoms with Crippen molar-refractivity contribution in [1.82, 2.24) is 4.72 Å². The smallest absolute Gasteiger partial charge is 0.322 e. The number of carbonyl (C=O) groups is 2. The Morgan fingerprint density at radius 2 is 1.96 bits per heavy atom. The van der Waals surface area contributed by atoms with Gasteiger partial charge in [-0.25, -0.2) is 13.1 Å². The largest absolute Gasteiger partial charge is 0.480 e. The monoisotopic (exact) mass is 355 g/mol. The van der Waals surface area contributed by atoms with Gasteiger partial charge in [0.2, 0.25) is 10.0 Å².